The first-order valence-electron chi connectivity index (χ1n) is 13.3. The third kappa shape index (κ3) is 6.72. The Morgan fingerprint density at radius 3 is 1.94 bits per heavy atom. The molecule has 0 saturated carbocycles. The van der Waals surface area contributed by atoms with Crippen molar-refractivity contribution >= 4 is 44.2 Å². The van der Waals surface area contributed by atoms with Crippen LogP contribution in [-0.4, -0.2) is 23.5 Å². The second-order valence-corrected chi connectivity index (χ2v) is 9.76. The van der Waals surface area contributed by atoms with E-state index < -0.39 is 5.97 Å². The van der Waals surface area contributed by atoms with E-state index >= 15 is 0 Å². The van der Waals surface area contributed by atoms with Crippen molar-refractivity contribution in [3.8, 4) is 0 Å². The molecule has 0 atom stereocenters. The molecule has 0 aliphatic heterocycles. The second kappa shape index (κ2) is 12.5. The number of aryl methyl sites for hydroxylation is 1. The molecule has 4 aromatic rings. The summed E-state index contributed by atoms with van der Waals surface area (Å²) in [5.41, 5.74) is 1.33. The molecule has 0 aliphatic rings. The van der Waals surface area contributed by atoms with E-state index in [1.165, 1.54) is 57.1 Å². The van der Waals surface area contributed by atoms with E-state index in [0.717, 1.165) is 51.5 Å². The molecule has 0 aromatic heterocycles. The van der Waals surface area contributed by atoms with Crippen LogP contribution < -0.4 is 5.32 Å². The van der Waals surface area contributed by atoms with Gasteiger partial charge in [-0.05, 0) is 63.6 Å². The number of benzene rings is 4. The summed E-state index contributed by atoms with van der Waals surface area (Å²) in [6.45, 7) is 0.760. The van der Waals surface area contributed by atoms with Crippen molar-refractivity contribution in [3.63, 3.8) is 0 Å². The van der Waals surface area contributed by atoms with Crippen LogP contribution in [0.1, 0.15) is 76.2 Å². The van der Waals surface area contributed by atoms with Gasteiger partial charge in [-0.1, -0.05) is 93.1 Å². The fourth-order valence-corrected chi connectivity index (χ4v) is 5.23. The molecule has 4 rings (SSSR count). The molecule has 1 amide bonds. The van der Waals surface area contributed by atoms with E-state index in [-0.39, 0.29) is 12.3 Å². The Bertz CT molecular complexity index is 1250. The van der Waals surface area contributed by atoms with Crippen LogP contribution in [0.5, 0.6) is 0 Å². The standard InChI is InChI=1S/C31H37NO3/c33-28(32-22-8-6-4-2-1-3-5-7-15-29(34)35)14-10-11-23-16-17-26-19-18-24-12-9-13-25-20-21-27(23)31(26)30(24)25/h9,12-13,16-21H,1-8,10-11,14-15,22H2,(H,32,33)(H,34,35). The lowest BCUT2D eigenvalue weighted by molar-refractivity contribution is -0.137. The number of carboxylic acids is 1. The van der Waals surface area contributed by atoms with Gasteiger partial charge < -0.3 is 10.4 Å². The number of unbranched alkanes of at least 4 members (excludes halogenated alkanes) is 7. The van der Waals surface area contributed by atoms with Crippen LogP contribution in [-0.2, 0) is 16.0 Å². The van der Waals surface area contributed by atoms with Crippen molar-refractivity contribution in [3.05, 3.63) is 60.2 Å². The highest BCUT2D eigenvalue weighted by molar-refractivity contribution is 6.23. The van der Waals surface area contributed by atoms with E-state index in [1.54, 1.807) is 0 Å². The van der Waals surface area contributed by atoms with Gasteiger partial charge in [0.25, 0.3) is 0 Å². The number of carboxylic acid groups (broad SMARTS) is 1. The fourth-order valence-electron chi connectivity index (χ4n) is 5.23. The highest BCUT2D eigenvalue weighted by Gasteiger charge is 2.11. The van der Waals surface area contributed by atoms with Crippen LogP contribution in [0.15, 0.2) is 54.6 Å². The Morgan fingerprint density at radius 2 is 1.23 bits per heavy atom. The molecule has 4 aromatic carbocycles. The van der Waals surface area contributed by atoms with E-state index in [4.69, 9.17) is 5.11 Å². The minimum atomic E-state index is -0.695. The van der Waals surface area contributed by atoms with Gasteiger partial charge in [0.05, 0.1) is 0 Å². The van der Waals surface area contributed by atoms with Gasteiger partial charge in [0, 0.05) is 19.4 Å². The number of aliphatic carboxylic acids is 1. The van der Waals surface area contributed by atoms with Gasteiger partial charge >= 0.3 is 5.97 Å². The lowest BCUT2D eigenvalue weighted by Gasteiger charge is -2.14. The number of nitrogens with one attached hydrogen (secondary N) is 1. The van der Waals surface area contributed by atoms with Crippen molar-refractivity contribution in [1.82, 2.24) is 5.32 Å². The normalized spacial score (nSPS) is 11.5. The summed E-state index contributed by atoms with van der Waals surface area (Å²) in [6, 6.07) is 19.8. The van der Waals surface area contributed by atoms with Crippen LogP contribution in [0.4, 0.5) is 0 Å². The first-order chi connectivity index (χ1) is 17.1. The van der Waals surface area contributed by atoms with Gasteiger partial charge in [-0.2, -0.15) is 0 Å². The Morgan fingerprint density at radius 1 is 0.629 bits per heavy atom. The third-order valence-corrected chi connectivity index (χ3v) is 7.11. The Labute approximate surface area is 208 Å². The average Bonchev–Trinajstić information content (AvgIpc) is 2.86. The number of rotatable bonds is 15. The van der Waals surface area contributed by atoms with Gasteiger partial charge in [-0.15, -0.1) is 0 Å². The average molecular weight is 472 g/mol. The van der Waals surface area contributed by atoms with Crippen molar-refractivity contribution in [1.29, 1.82) is 0 Å². The third-order valence-electron chi connectivity index (χ3n) is 7.11. The molecule has 2 N–H and O–H groups in total. The minimum absolute atomic E-state index is 0.154. The van der Waals surface area contributed by atoms with Crippen molar-refractivity contribution in [2.24, 2.45) is 0 Å². The van der Waals surface area contributed by atoms with Crippen LogP contribution in [0.25, 0.3) is 32.3 Å². The first kappa shape index (κ1) is 25.0. The number of carbonyl (C=O) groups excluding carboxylic acids is 1. The SMILES string of the molecule is O=C(O)CCCCCCCCCCNC(=O)CCCc1ccc2ccc3cccc4ccc1c2c34. The maximum Gasteiger partial charge on any atom is 0.303 e. The molecule has 0 fully saturated rings. The number of hydrogen-bond acceptors (Lipinski definition) is 2. The summed E-state index contributed by atoms with van der Waals surface area (Å²) in [7, 11) is 0. The number of hydrogen-bond donors (Lipinski definition) is 2. The molecule has 0 unspecified atom stereocenters. The Hall–Kier alpha value is -3.14. The van der Waals surface area contributed by atoms with E-state index in [2.05, 4.69) is 59.9 Å². The lowest BCUT2D eigenvalue weighted by Crippen LogP contribution is -2.24. The topological polar surface area (TPSA) is 66.4 Å². The van der Waals surface area contributed by atoms with Crippen molar-refractivity contribution < 1.29 is 14.7 Å². The predicted octanol–water partition coefficient (Wildman–Crippen LogP) is 7.62. The molecule has 0 spiro atoms. The largest absolute Gasteiger partial charge is 0.481 e. The molecule has 0 aliphatic carbocycles. The molecule has 4 heteroatoms. The molecular formula is C31H37NO3. The Balaban J connectivity index is 1.15. The Kier molecular flexibility index (Phi) is 8.94. The zero-order chi connectivity index (χ0) is 24.5. The van der Waals surface area contributed by atoms with Crippen LogP contribution in [0.3, 0.4) is 0 Å². The maximum atomic E-state index is 12.3. The summed E-state index contributed by atoms with van der Waals surface area (Å²) >= 11 is 0. The van der Waals surface area contributed by atoms with Crippen molar-refractivity contribution in [2.45, 2.75) is 77.0 Å². The molecule has 0 radical (unpaired) electrons. The van der Waals surface area contributed by atoms with Crippen LogP contribution in [0, 0.1) is 0 Å². The fraction of sp³-hybridized carbons (Fsp3) is 0.419. The van der Waals surface area contributed by atoms with Gasteiger partial charge in [-0.25, -0.2) is 0 Å². The van der Waals surface area contributed by atoms with Crippen molar-refractivity contribution in [2.75, 3.05) is 6.54 Å². The number of carbonyl (C=O) groups is 2. The molecular weight excluding hydrogens is 434 g/mol. The smallest absolute Gasteiger partial charge is 0.303 e. The van der Waals surface area contributed by atoms with E-state index in [1.807, 2.05) is 0 Å². The lowest BCUT2D eigenvalue weighted by atomic mass is 9.90. The summed E-state index contributed by atoms with van der Waals surface area (Å²) < 4.78 is 0. The molecule has 184 valence electrons. The van der Waals surface area contributed by atoms with Crippen LogP contribution >= 0.6 is 0 Å². The summed E-state index contributed by atoms with van der Waals surface area (Å²) in [6.07, 6.45) is 11.3. The van der Waals surface area contributed by atoms with Crippen LogP contribution in [0.2, 0.25) is 0 Å². The van der Waals surface area contributed by atoms with E-state index in [9.17, 15) is 9.59 Å². The molecule has 0 saturated heterocycles. The van der Waals surface area contributed by atoms with E-state index in [0.29, 0.717) is 6.42 Å². The molecule has 0 heterocycles. The summed E-state index contributed by atoms with van der Waals surface area (Å²) in [5, 5.41) is 19.6. The summed E-state index contributed by atoms with van der Waals surface area (Å²) in [4.78, 5) is 22.8. The highest BCUT2D eigenvalue weighted by Crippen LogP contribution is 2.36. The zero-order valence-electron chi connectivity index (χ0n) is 20.7. The summed E-state index contributed by atoms with van der Waals surface area (Å²) in [5.74, 6) is -0.541. The second-order valence-electron chi connectivity index (χ2n) is 9.76. The zero-order valence-corrected chi connectivity index (χ0v) is 20.7. The highest BCUT2D eigenvalue weighted by atomic mass is 16.4. The quantitative estimate of drug-likeness (QED) is 0.138. The van der Waals surface area contributed by atoms with Gasteiger partial charge in [0.15, 0.2) is 0 Å². The first-order valence-corrected chi connectivity index (χ1v) is 13.3. The number of amides is 1. The maximum absolute atomic E-state index is 12.3. The molecule has 0 bridgehead atoms. The minimum Gasteiger partial charge on any atom is -0.481 e. The predicted molar refractivity (Wildman–Crippen MR) is 145 cm³/mol. The van der Waals surface area contributed by atoms with Gasteiger partial charge in [0.1, 0.15) is 0 Å². The molecule has 4 nitrogen and oxygen atoms in total. The molecule has 35 heavy (non-hydrogen) atoms. The van der Waals surface area contributed by atoms with Gasteiger partial charge in [0.2, 0.25) is 5.91 Å². The monoisotopic (exact) mass is 471 g/mol. The van der Waals surface area contributed by atoms with Gasteiger partial charge in [-0.3, -0.25) is 9.59 Å².